The summed E-state index contributed by atoms with van der Waals surface area (Å²) in [6, 6.07) is 20.6. The topological polar surface area (TPSA) is 49.6 Å². The standard InChI is InChI=1S/C23H31N3O/c1-18(25(2)3)16-26-15-14-21(17-26)23(22(24)27,19-10-6-4-7-11-19)20-12-8-5-9-13-20/h4-13,18,21H,14-17H2,1-3H3,(H2,24,27). The maximum atomic E-state index is 13.0. The zero-order valence-corrected chi connectivity index (χ0v) is 16.6. The first kappa shape index (κ1) is 19.6. The molecule has 1 heterocycles. The molecular weight excluding hydrogens is 334 g/mol. The van der Waals surface area contributed by atoms with E-state index in [1.807, 2.05) is 60.7 Å². The van der Waals surface area contributed by atoms with Crippen LogP contribution in [0.4, 0.5) is 0 Å². The number of nitrogens with two attached hydrogens (primary N) is 1. The molecule has 2 N–H and O–H groups in total. The minimum Gasteiger partial charge on any atom is -0.369 e. The van der Waals surface area contributed by atoms with Gasteiger partial charge in [0.2, 0.25) is 5.91 Å². The third kappa shape index (κ3) is 3.78. The molecule has 0 aliphatic carbocycles. The lowest BCUT2D eigenvalue weighted by molar-refractivity contribution is -0.123. The van der Waals surface area contributed by atoms with Crippen molar-refractivity contribution < 1.29 is 4.79 Å². The van der Waals surface area contributed by atoms with Crippen LogP contribution in [0.5, 0.6) is 0 Å². The molecule has 0 aromatic heterocycles. The molecule has 1 amide bonds. The van der Waals surface area contributed by atoms with Gasteiger partial charge in [0.25, 0.3) is 0 Å². The number of likely N-dealkylation sites (tertiary alicyclic amines) is 1. The summed E-state index contributed by atoms with van der Waals surface area (Å²) in [7, 11) is 4.22. The molecule has 2 aromatic rings. The lowest BCUT2D eigenvalue weighted by atomic mass is 9.64. The van der Waals surface area contributed by atoms with Gasteiger partial charge in [-0.1, -0.05) is 60.7 Å². The van der Waals surface area contributed by atoms with Crippen LogP contribution in [0.15, 0.2) is 60.7 Å². The van der Waals surface area contributed by atoms with E-state index in [9.17, 15) is 4.79 Å². The molecule has 1 aliphatic heterocycles. The molecule has 144 valence electrons. The monoisotopic (exact) mass is 365 g/mol. The summed E-state index contributed by atoms with van der Waals surface area (Å²) in [6.45, 7) is 5.12. The van der Waals surface area contributed by atoms with Gasteiger partial charge in [0.05, 0.1) is 0 Å². The molecular formula is C23H31N3O. The van der Waals surface area contributed by atoms with Crippen LogP contribution in [0.1, 0.15) is 24.5 Å². The van der Waals surface area contributed by atoms with Crippen LogP contribution in [-0.2, 0) is 10.2 Å². The highest BCUT2D eigenvalue weighted by Crippen LogP contribution is 2.43. The van der Waals surface area contributed by atoms with Gasteiger partial charge in [0.1, 0.15) is 5.41 Å². The van der Waals surface area contributed by atoms with E-state index in [1.54, 1.807) is 0 Å². The largest absolute Gasteiger partial charge is 0.369 e. The highest BCUT2D eigenvalue weighted by Gasteiger charge is 2.49. The van der Waals surface area contributed by atoms with Crippen LogP contribution in [0, 0.1) is 5.92 Å². The van der Waals surface area contributed by atoms with E-state index < -0.39 is 5.41 Å². The van der Waals surface area contributed by atoms with Crippen LogP contribution in [-0.4, -0.2) is 55.5 Å². The van der Waals surface area contributed by atoms with Crippen molar-refractivity contribution in [3.05, 3.63) is 71.8 Å². The van der Waals surface area contributed by atoms with Crippen molar-refractivity contribution in [3.8, 4) is 0 Å². The predicted octanol–water partition coefficient (Wildman–Crippen LogP) is 2.73. The molecule has 0 spiro atoms. The molecule has 1 fully saturated rings. The highest BCUT2D eigenvalue weighted by molar-refractivity contribution is 5.91. The number of rotatable bonds is 7. The number of hydrogen-bond donors (Lipinski definition) is 1. The van der Waals surface area contributed by atoms with Crippen molar-refractivity contribution in [2.45, 2.75) is 24.8 Å². The number of hydrogen-bond acceptors (Lipinski definition) is 3. The van der Waals surface area contributed by atoms with Gasteiger partial charge in [-0.05, 0) is 51.0 Å². The van der Waals surface area contributed by atoms with E-state index in [4.69, 9.17) is 5.73 Å². The summed E-state index contributed by atoms with van der Waals surface area (Å²) in [4.78, 5) is 17.8. The SMILES string of the molecule is CC(CN1CCC(C(C(N)=O)(c2ccccc2)c2ccccc2)C1)N(C)C. The minimum absolute atomic E-state index is 0.161. The summed E-state index contributed by atoms with van der Waals surface area (Å²) in [5, 5.41) is 0. The molecule has 3 rings (SSSR count). The lowest BCUT2D eigenvalue weighted by Gasteiger charge is -2.38. The van der Waals surface area contributed by atoms with Crippen LogP contribution >= 0.6 is 0 Å². The second kappa shape index (κ2) is 8.24. The number of amides is 1. The van der Waals surface area contributed by atoms with E-state index in [0.29, 0.717) is 6.04 Å². The molecule has 27 heavy (non-hydrogen) atoms. The summed E-state index contributed by atoms with van der Waals surface area (Å²) < 4.78 is 0. The van der Waals surface area contributed by atoms with Gasteiger partial charge in [0.15, 0.2) is 0 Å². The maximum Gasteiger partial charge on any atom is 0.232 e. The van der Waals surface area contributed by atoms with Crippen molar-refractivity contribution in [2.75, 3.05) is 33.7 Å². The average molecular weight is 366 g/mol. The van der Waals surface area contributed by atoms with Crippen LogP contribution in [0.25, 0.3) is 0 Å². The number of primary amides is 1. The predicted molar refractivity (Wildman–Crippen MR) is 111 cm³/mol. The first-order chi connectivity index (χ1) is 13.0. The van der Waals surface area contributed by atoms with Crippen molar-refractivity contribution >= 4 is 5.91 Å². The summed E-state index contributed by atoms with van der Waals surface area (Å²) >= 11 is 0. The number of nitrogens with zero attached hydrogens (tertiary/aromatic N) is 2. The Hall–Kier alpha value is -2.17. The number of carbonyl (C=O) groups excluding carboxylic acids is 1. The smallest absolute Gasteiger partial charge is 0.232 e. The first-order valence-corrected chi connectivity index (χ1v) is 9.76. The van der Waals surface area contributed by atoms with Gasteiger partial charge in [-0.2, -0.15) is 0 Å². The Bertz CT molecular complexity index is 705. The molecule has 1 aliphatic rings. The first-order valence-electron chi connectivity index (χ1n) is 9.76. The summed E-state index contributed by atoms with van der Waals surface area (Å²) in [5.41, 5.74) is 7.34. The fraction of sp³-hybridized carbons (Fsp3) is 0.435. The fourth-order valence-electron chi connectivity index (χ4n) is 4.41. The van der Waals surface area contributed by atoms with Crippen LogP contribution < -0.4 is 5.73 Å². The molecule has 4 nitrogen and oxygen atoms in total. The Labute approximate surface area is 163 Å². The van der Waals surface area contributed by atoms with Crippen molar-refractivity contribution in [3.63, 3.8) is 0 Å². The lowest BCUT2D eigenvalue weighted by Crippen LogP contribution is -2.49. The third-order valence-corrected chi connectivity index (χ3v) is 6.14. The third-order valence-electron chi connectivity index (χ3n) is 6.14. The van der Waals surface area contributed by atoms with Gasteiger partial charge in [0, 0.05) is 19.1 Å². The fourth-order valence-corrected chi connectivity index (χ4v) is 4.41. The molecule has 0 bridgehead atoms. The van der Waals surface area contributed by atoms with Gasteiger partial charge in [-0.3, -0.25) is 4.79 Å². The van der Waals surface area contributed by atoms with Crippen LogP contribution in [0.2, 0.25) is 0 Å². The van der Waals surface area contributed by atoms with Gasteiger partial charge in [-0.25, -0.2) is 0 Å². The summed E-state index contributed by atoms with van der Waals surface area (Å²) in [6.07, 6.45) is 0.965. The number of carbonyl (C=O) groups is 1. The zero-order valence-electron chi connectivity index (χ0n) is 16.6. The van der Waals surface area contributed by atoms with Crippen molar-refractivity contribution in [2.24, 2.45) is 11.7 Å². The Kier molecular flexibility index (Phi) is 5.98. The molecule has 4 heteroatoms. The Balaban J connectivity index is 2.00. The normalized spacial score (nSPS) is 19.3. The van der Waals surface area contributed by atoms with E-state index in [0.717, 1.165) is 37.2 Å². The Morgan fingerprint density at radius 2 is 1.63 bits per heavy atom. The van der Waals surface area contributed by atoms with E-state index >= 15 is 0 Å². The summed E-state index contributed by atoms with van der Waals surface area (Å²) in [5.74, 6) is -0.0958. The van der Waals surface area contributed by atoms with Gasteiger partial charge in [-0.15, -0.1) is 0 Å². The van der Waals surface area contributed by atoms with E-state index in [-0.39, 0.29) is 11.8 Å². The zero-order chi connectivity index (χ0) is 19.4. The quantitative estimate of drug-likeness (QED) is 0.821. The maximum absolute atomic E-state index is 13.0. The number of likely N-dealkylation sites (N-methyl/N-ethyl adjacent to an activating group) is 1. The second-order valence-corrected chi connectivity index (χ2v) is 7.96. The minimum atomic E-state index is -0.793. The van der Waals surface area contributed by atoms with Crippen LogP contribution in [0.3, 0.4) is 0 Å². The Morgan fingerprint density at radius 1 is 1.11 bits per heavy atom. The second-order valence-electron chi connectivity index (χ2n) is 7.96. The van der Waals surface area contributed by atoms with Gasteiger partial charge >= 0.3 is 0 Å². The van der Waals surface area contributed by atoms with Gasteiger partial charge < -0.3 is 15.5 Å². The molecule has 2 atom stereocenters. The molecule has 0 saturated carbocycles. The average Bonchev–Trinajstić information content (AvgIpc) is 3.12. The van der Waals surface area contributed by atoms with Crippen molar-refractivity contribution in [1.29, 1.82) is 0 Å². The van der Waals surface area contributed by atoms with E-state index in [1.165, 1.54) is 0 Å². The van der Waals surface area contributed by atoms with Crippen molar-refractivity contribution in [1.82, 2.24) is 9.80 Å². The highest BCUT2D eigenvalue weighted by atomic mass is 16.1. The molecule has 1 saturated heterocycles. The molecule has 2 unspecified atom stereocenters. The molecule has 0 radical (unpaired) electrons. The number of benzene rings is 2. The Morgan fingerprint density at radius 3 is 2.07 bits per heavy atom. The van der Waals surface area contributed by atoms with E-state index in [2.05, 4.69) is 30.8 Å². The molecule has 2 aromatic carbocycles.